The highest BCUT2D eigenvalue weighted by molar-refractivity contribution is 7.80. The lowest BCUT2D eigenvalue weighted by Gasteiger charge is -2.37. The summed E-state index contributed by atoms with van der Waals surface area (Å²) in [4.78, 5) is 7.11. The van der Waals surface area contributed by atoms with E-state index >= 15 is 0 Å². The largest absolute Gasteiger partial charge is 0.342 e. The highest BCUT2D eigenvalue weighted by Gasteiger charge is 2.50. The number of aliphatic imine (C=N–C) groups is 1. The maximum atomic E-state index is 5.71. The Kier molecular flexibility index (Phi) is 4.08. The van der Waals surface area contributed by atoms with Crippen molar-refractivity contribution in [1.82, 2.24) is 0 Å². The Morgan fingerprint density at radius 1 is 1.04 bits per heavy atom. The summed E-state index contributed by atoms with van der Waals surface area (Å²) < 4.78 is 0. The molecule has 0 atom stereocenters. The van der Waals surface area contributed by atoms with Crippen LogP contribution in [-0.4, -0.2) is 16.5 Å². The summed E-state index contributed by atoms with van der Waals surface area (Å²) in [5.74, 6) is 1.00. The first-order valence-electron chi connectivity index (χ1n) is 8.93. The molecule has 1 heterocycles. The zero-order valence-corrected chi connectivity index (χ0v) is 15.6. The molecule has 1 aliphatic heterocycles. The van der Waals surface area contributed by atoms with E-state index in [9.17, 15) is 0 Å². The summed E-state index contributed by atoms with van der Waals surface area (Å²) >= 11 is 5.71. The lowest BCUT2D eigenvalue weighted by molar-refractivity contribution is 0.594. The molecule has 3 nitrogen and oxygen atoms in total. The number of hydrogen-bond donors (Lipinski definition) is 1. The van der Waals surface area contributed by atoms with Gasteiger partial charge in [-0.1, -0.05) is 43.2 Å². The molecule has 128 valence electrons. The molecule has 0 saturated heterocycles. The molecule has 2 aromatic rings. The normalized spacial score (nSPS) is 18.7. The van der Waals surface area contributed by atoms with Crippen LogP contribution in [0.15, 0.2) is 53.5 Å². The summed E-state index contributed by atoms with van der Waals surface area (Å²) in [7, 11) is 0. The van der Waals surface area contributed by atoms with Crippen LogP contribution in [0.1, 0.15) is 36.8 Å². The van der Waals surface area contributed by atoms with Gasteiger partial charge in [-0.2, -0.15) is 0 Å². The first-order valence-corrected chi connectivity index (χ1v) is 9.34. The molecular weight excluding hydrogens is 326 g/mol. The number of aryl methyl sites for hydroxylation is 2. The van der Waals surface area contributed by atoms with Crippen molar-refractivity contribution in [3.63, 3.8) is 0 Å². The average molecular weight is 350 g/mol. The van der Waals surface area contributed by atoms with E-state index in [1.54, 1.807) is 0 Å². The van der Waals surface area contributed by atoms with Crippen LogP contribution < -0.4 is 10.2 Å². The highest BCUT2D eigenvalue weighted by Crippen LogP contribution is 2.44. The maximum absolute atomic E-state index is 5.71. The third-order valence-electron chi connectivity index (χ3n) is 5.34. The summed E-state index contributed by atoms with van der Waals surface area (Å²) in [6, 6.07) is 16.9. The Balaban J connectivity index is 1.74. The topological polar surface area (TPSA) is 27.6 Å². The van der Waals surface area contributed by atoms with Crippen molar-refractivity contribution >= 4 is 34.5 Å². The number of rotatable bonds is 2. The molecule has 4 heteroatoms. The van der Waals surface area contributed by atoms with Gasteiger partial charge in [0, 0.05) is 11.4 Å². The Morgan fingerprint density at radius 2 is 1.80 bits per heavy atom. The lowest BCUT2D eigenvalue weighted by atomic mass is 9.93. The third kappa shape index (κ3) is 2.74. The minimum atomic E-state index is -0.132. The molecule has 0 aromatic heterocycles. The number of nitrogens with one attached hydrogen (secondary N) is 1. The van der Waals surface area contributed by atoms with Crippen molar-refractivity contribution in [3.05, 3.63) is 59.7 Å². The van der Waals surface area contributed by atoms with Crippen molar-refractivity contribution < 1.29 is 0 Å². The van der Waals surface area contributed by atoms with Crippen LogP contribution in [0.4, 0.5) is 11.4 Å². The van der Waals surface area contributed by atoms with Crippen LogP contribution >= 0.6 is 12.2 Å². The molecule has 0 amide bonds. The van der Waals surface area contributed by atoms with Gasteiger partial charge < -0.3 is 10.2 Å². The van der Waals surface area contributed by atoms with Crippen LogP contribution in [-0.2, 0) is 0 Å². The van der Waals surface area contributed by atoms with E-state index in [2.05, 4.69) is 72.6 Å². The van der Waals surface area contributed by atoms with Crippen LogP contribution in [0.5, 0.6) is 0 Å². The first-order chi connectivity index (χ1) is 12.1. The van der Waals surface area contributed by atoms with Gasteiger partial charge >= 0.3 is 0 Å². The highest BCUT2D eigenvalue weighted by atomic mass is 32.1. The van der Waals surface area contributed by atoms with Gasteiger partial charge in [-0.3, -0.25) is 0 Å². The van der Waals surface area contributed by atoms with Crippen molar-refractivity contribution in [2.24, 2.45) is 4.99 Å². The quantitative estimate of drug-likeness (QED) is 0.752. The second-order valence-corrected chi connectivity index (χ2v) is 7.46. The third-order valence-corrected chi connectivity index (χ3v) is 5.61. The average Bonchev–Trinajstić information content (AvgIpc) is 3.16. The number of para-hydroxylation sites is 1. The van der Waals surface area contributed by atoms with E-state index in [4.69, 9.17) is 17.2 Å². The van der Waals surface area contributed by atoms with Crippen LogP contribution in [0.3, 0.4) is 0 Å². The molecule has 25 heavy (non-hydrogen) atoms. The summed E-state index contributed by atoms with van der Waals surface area (Å²) in [5, 5.41) is 4.26. The van der Waals surface area contributed by atoms with Crippen LogP contribution in [0, 0.1) is 13.8 Å². The van der Waals surface area contributed by atoms with Gasteiger partial charge in [-0.15, -0.1) is 0 Å². The second-order valence-electron chi connectivity index (χ2n) is 7.10. The smallest absolute Gasteiger partial charge is 0.202 e. The molecule has 1 saturated carbocycles. The minimum Gasteiger partial charge on any atom is -0.342 e. The number of benzene rings is 2. The molecule has 1 aliphatic carbocycles. The van der Waals surface area contributed by atoms with E-state index < -0.39 is 0 Å². The van der Waals surface area contributed by atoms with E-state index in [1.165, 1.54) is 29.7 Å². The number of anilines is 2. The zero-order chi connectivity index (χ0) is 17.4. The fraction of sp³-hybridized carbons (Fsp3) is 0.333. The van der Waals surface area contributed by atoms with Gasteiger partial charge in [0.2, 0.25) is 5.11 Å². The molecule has 0 radical (unpaired) electrons. The van der Waals surface area contributed by atoms with Crippen molar-refractivity contribution in [3.8, 4) is 0 Å². The summed E-state index contributed by atoms with van der Waals surface area (Å²) in [6.07, 6.45) is 4.58. The van der Waals surface area contributed by atoms with Crippen molar-refractivity contribution in [1.29, 1.82) is 0 Å². The Hall–Kier alpha value is -2.20. The van der Waals surface area contributed by atoms with E-state index in [1.807, 2.05) is 0 Å². The van der Waals surface area contributed by atoms with Gasteiger partial charge in [0.1, 0.15) is 11.4 Å². The minimum absolute atomic E-state index is 0.132. The molecular formula is C21H23N3S. The zero-order valence-electron chi connectivity index (χ0n) is 14.7. The predicted molar refractivity (Wildman–Crippen MR) is 110 cm³/mol. The van der Waals surface area contributed by atoms with Gasteiger partial charge in [-0.05, 0) is 68.2 Å². The van der Waals surface area contributed by atoms with Gasteiger partial charge in [0.15, 0.2) is 0 Å². The fourth-order valence-electron chi connectivity index (χ4n) is 4.11. The molecule has 0 bridgehead atoms. The monoisotopic (exact) mass is 349 g/mol. The van der Waals surface area contributed by atoms with Crippen LogP contribution in [0.2, 0.25) is 0 Å². The number of nitrogens with zero attached hydrogens (tertiary/aromatic N) is 2. The van der Waals surface area contributed by atoms with Crippen molar-refractivity contribution in [2.45, 2.75) is 45.1 Å². The number of thiocarbonyl (C=S) groups is 1. The van der Waals surface area contributed by atoms with Crippen molar-refractivity contribution in [2.75, 3.05) is 10.2 Å². The Labute approximate surface area is 154 Å². The first kappa shape index (κ1) is 16.3. The molecule has 4 rings (SSSR count). The summed E-state index contributed by atoms with van der Waals surface area (Å²) in [5.41, 5.74) is 4.61. The SMILES string of the molecule is Cc1cccc(NC2=NC(=S)N(c3ccccc3C)C23CCCC3)c1. The lowest BCUT2D eigenvalue weighted by Crippen LogP contribution is -2.52. The number of hydrogen-bond acceptors (Lipinski definition) is 2. The molecule has 1 fully saturated rings. The predicted octanol–water partition coefficient (Wildman–Crippen LogP) is 5.23. The number of amidine groups is 1. The molecule has 1 N–H and O–H groups in total. The molecule has 1 spiro atoms. The van der Waals surface area contributed by atoms with Crippen LogP contribution in [0.25, 0.3) is 0 Å². The summed E-state index contributed by atoms with van der Waals surface area (Å²) in [6.45, 7) is 4.25. The van der Waals surface area contributed by atoms with Gasteiger partial charge in [-0.25, -0.2) is 4.99 Å². The standard InChI is InChI=1S/C21H23N3S/c1-15-8-7-10-17(14-15)22-19-21(12-5-6-13-21)24(20(25)23-19)18-11-4-3-9-16(18)2/h3-4,7-11,14H,5-6,12-13H2,1-2H3,(H,22,23,25). The van der Waals surface area contributed by atoms with Gasteiger partial charge in [0.25, 0.3) is 0 Å². The van der Waals surface area contributed by atoms with E-state index in [-0.39, 0.29) is 5.54 Å². The van der Waals surface area contributed by atoms with E-state index in [0.29, 0.717) is 5.11 Å². The Morgan fingerprint density at radius 3 is 2.52 bits per heavy atom. The molecule has 2 aromatic carbocycles. The maximum Gasteiger partial charge on any atom is 0.202 e. The fourth-order valence-corrected chi connectivity index (χ4v) is 4.48. The molecule has 0 unspecified atom stereocenters. The van der Waals surface area contributed by atoms with Gasteiger partial charge in [0.05, 0.1) is 0 Å². The van der Waals surface area contributed by atoms with E-state index in [0.717, 1.165) is 24.4 Å². The Bertz CT molecular complexity index is 850. The molecule has 2 aliphatic rings. The second kappa shape index (κ2) is 6.26.